The van der Waals surface area contributed by atoms with Crippen LogP contribution in [0.25, 0.3) is 0 Å². The summed E-state index contributed by atoms with van der Waals surface area (Å²) in [5.74, 6) is 2.55. The lowest BCUT2D eigenvalue weighted by Crippen LogP contribution is -2.49. The summed E-state index contributed by atoms with van der Waals surface area (Å²) in [5, 5.41) is 28.4. The van der Waals surface area contributed by atoms with Crippen LogP contribution in [0, 0.1) is 23.7 Å². The molecule has 6 aromatic rings. The van der Waals surface area contributed by atoms with Crippen LogP contribution in [0.2, 0.25) is 0 Å². The number of hydrogen-bond acceptors (Lipinski definition) is 17. The molecule has 10 rings (SSSR count). The number of phenols is 3. The number of rotatable bonds is 22. The molecule has 0 radical (unpaired) electrons. The third kappa shape index (κ3) is 21.4. The fourth-order valence-corrected chi connectivity index (χ4v) is 11.2. The van der Waals surface area contributed by atoms with E-state index in [4.69, 9.17) is 42.6 Å². The first-order valence-corrected chi connectivity index (χ1v) is 30.3. The van der Waals surface area contributed by atoms with Crippen LogP contribution >= 0.6 is 0 Å². The first kappa shape index (κ1) is 69.1. The number of phenolic OH excluding ortho intramolecular Hbond substituents is 3. The van der Waals surface area contributed by atoms with E-state index in [1.807, 2.05) is 114 Å². The normalized spacial score (nSPS) is 17.3. The molecule has 1 unspecified atom stereocenters. The van der Waals surface area contributed by atoms with Gasteiger partial charge in [0, 0.05) is 16.7 Å². The Kier molecular flexibility index (Phi) is 23.9. The molecule has 0 aromatic heterocycles. The summed E-state index contributed by atoms with van der Waals surface area (Å²) in [5.41, 5.74) is 4.37. The molecular formula is C74H84O17. The van der Waals surface area contributed by atoms with Gasteiger partial charge in [-0.2, -0.15) is 0 Å². The van der Waals surface area contributed by atoms with Crippen molar-refractivity contribution in [1.29, 1.82) is 0 Å². The summed E-state index contributed by atoms with van der Waals surface area (Å²) in [6.07, 6.45) is 5.01. The molecule has 3 N–H and O–H groups in total. The molecule has 4 fully saturated rings. The van der Waals surface area contributed by atoms with Crippen molar-refractivity contribution in [2.45, 2.75) is 130 Å². The minimum atomic E-state index is -0.780. The molecule has 4 saturated carbocycles. The lowest BCUT2D eigenvalue weighted by molar-refractivity contribution is -0.159. The molecule has 482 valence electrons. The maximum absolute atomic E-state index is 12.5. The molecule has 1 atom stereocenters. The maximum Gasteiger partial charge on any atom is 0.345 e. The van der Waals surface area contributed by atoms with E-state index in [0.717, 1.165) is 39.8 Å². The van der Waals surface area contributed by atoms with E-state index in [9.17, 15) is 39.3 Å². The number of benzene rings is 6. The van der Waals surface area contributed by atoms with E-state index >= 15 is 0 Å². The molecule has 0 saturated heterocycles. The Labute approximate surface area is 533 Å². The molecule has 91 heavy (non-hydrogen) atoms. The van der Waals surface area contributed by atoms with Gasteiger partial charge in [0.15, 0.2) is 38.3 Å². The van der Waals surface area contributed by atoms with Gasteiger partial charge in [-0.25, -0.2) is 24.0 Å². The van der Waals surface area contributed by atoms with Crippen LogP contribution < -0.4 is 14.2 Å². The smallest absolute Gasteiger partial charge is 0.345 e. The Hall–Kier alpha value is -9.35. The number of carbonyl (C=O) groups is 5. The average molecular weight is 1250 g/mol. The van der Waals surface area contributed by atoms with Crippen molar-refractivity contribution in [3.63, 3.8) is 0 Å². The van der Waals surface area contributed by atoms with Gasteiger partial charge < -0.3 is 58.0 Å². The van der Waals surface area contributed by atoms with Gasteiger partial charge in [-0.05, 0) is 224 Å². The van der Waals surface area contributed by atoms with Crippen molar-refractivity contribution in [3.05, 3.63) is 215 Å². The monoisotopic (exact) mass is 1240 g/mol. The molecule has 4 bridgehead atoms. The van der Waals surface area contributed by atoms with Crippen molar-refractivity contribution in [2.75, 3.05) is 20.0 Å². The largest absolute Gasteiger partial charge is 0.508 e. The summed E-state index contributed by atoms with van der Waals surface area (Å²) in [6, 6.07) is 41.2. The predicted molar refractivity (Wildman–Crippen MR) is 342 cm³/mol. The zero-order chi connectivity index (χ0) is 66.2. The van der Waals surface area contributed by atoms with Crippen LogP contribution in [0.15, 0.2) is 182 Å². The van der Waals surface area contributed by atoms with Gasteiger partial charge in [0.25, 0.3) is 0 Å². The molecule has 0 spiro atoms. The van der Waals surface area contributed by atoms with Crippen molar-refractivity contribution < 1.29 is 81.9 Å². The Morgan fingerprint density at radius 3 is 1.00 bits per heavy atom. The quantitative estimate of drug-likeness (QED) is 0.0248. The minimum absolute atomic E-state index is 0.0786. The van der Waals surface area contributed by atoms with Gasteiger partial charge >= 0.3 is 29.8 Å². The lowest BCUT2D eigenvalue weighted by atomic mass is 9.55. The molecule has 17 heteroatoms. The van der Waals surface area contributed by atoms with Crippen molar-refractivity contribution in [3.8, 4) is 34.5 Å². The SMILES string of the molecule is C=C(C)C(=O)OC(c1ccc(O)cc1)c1ccc(OCOC2C3CC4CC(C3)CC2C4)cc1.C=C(C)C(=O)OCC(=O)OC(c1ccc(O)cc1)c1ccc(O)cc1.C=C(C)C(=O)OCC(=O)OC(c1ccc(OC(C)(C)C)cc1)c1ccc(OC(C)(C)C)cc1. The fraction of sp³-hybridized carbons (Fsp3) is 0.365. The Bertz CT molecular complexity index is 3310. The van der Waals surface area contributed by atoms with Crippen LogP contribution in [0.5, 0.6) is 34.5 Å². The first-order chi connectivity index (χ1) is 43.1. The Morgan fingerprint density at radius 2 is 0.703 bits per heavy atom. The van der Waals surface area contributed by atoms with Gasteiger partial charge in [0.2, 0.25) is 0 Å². The summed E-state index contributed by atoms with van der Waals surface area (Å²) in [7, 11) is 0. The molecule has 4 aliphatic carbocycles. The maximum atomic E-state index is 12.5. The van der Waals surface area contributed by atoms with E-state index < -0.39 is 61.4 Å². The molecule has 0 amide bonds. The highest BCUT2D eigenvalue weighted by Gasteiger charge is 2.49. The molecule has 0 heterocycles. The average Bonchev–Trinajstić information content (AvgIpc) is 0.962. The van der Waals surface area contributed by atoms with Gasteiger partial charge in [0.1, 0.15) is 45.7 Å². The highest BCUT2D eigenvalue weighted by molar-refractivity contribution is 5.89. The number of hydrogen-bond donors (Lipinski definition) is 3. The third-order valence-electron chi connectivity index (χ3n) is 15.0. The Balaban J connectivity index is 0.000000196. The topological polar surface area (TPSA) is 229 Å². The number of aromatic hydroxyl groups is 3. The molecule has 0 aliphatic heterocycles. The van der Waals surface area contributed by atoms with E-state index in [1.165, 1.54) is 70.2 Å². The highest BCUT2D eigenvalue weighted by atomic mass is 16.7. The van der Waals surface area contributed by atoms with Crippen LogP contribution in [0.4, 0.5) is 0 Å². The number of esters is 5. The second kappa shape index (κ2) is 31.4. The van der Waals surface area contributed by atoms with Crippen LogP contribution in [-0.4, -0.2) is 82.5 Å². The van der Waals surface area contributed by atoms with Crippen LogP contribution in [0.3, 0.4) is 0 Å². The van der Waals surface area contributed by atoms with Gasteiger partial charge in [-0.15, -0.1) is 0 Å². The standard InChI is InChI=1S/C28H32O5.C27H34O6.C19H18O6/c1-17(2)28(30)33-27(20-3-7-24(29)8-4-20)21-5-9-25(10-6-21)31-16-32-26-22-12-18-11-19(14-22)15-23(26)13-18;1-18(2)25(29)30-17-23(28)31-24(19-9-13-21(14-10-19)32-26(3,4)5)20-11-15-22(16-12-20)33-27(6,7)8;1-12(2)19(23)24-11-17(22)25-18(13-3-7-15(20)8-4-13)14-5-9-16(21)10-6-14/h3-10,18-19,22-23,26-27,29H,1,11-16H2,2H3;9-16,24H,1,17H2,2-8H3;3-10,18,20-21H,1,11H2,2H3. The van der Waals surface area contributed by atoms with Crippen LogP contribution in [0.1, 0.15) is 146 Å². The van der Waals surface area contributed by atoms with Gasteiger partial charge in [-0.1, -0.05) is 92.5 Å². The zero-order valence-electron chi connectivity index (χ0n) is 53.3. The van der Waals surface area contributed by atoms with E-state index in [2.05, 4.69) is 19.7 Å². The van der Waals surface area contributed by atoms with Crippen molar-refractivity contribution >= 4 is 29.8 Å². The van der Waals surface area contributed by atoms with E-state index in [1.54, 1.807) is 55.5 Å². The summed E-state index contributed by atoms with van der Waals surface area (Å²) < 4.78 is 50.5. The lowest BCUT2D eigenvalue weighted by Gasteiger charge is -2.53. The number of ether oxygens (including phenoxy) is 9. The predicted octanol–water partition coefficient (Wildman–Crippen LogP) is 14.4. The van der Waals surface area contributed by atoms with Crippen molar-refractivity contribution in [2.24, 2.45) is 23.7 Å². The third-order valence-corrected chi connectivity index (χ3v) is 15.0. The molecule has 17 nitrogen and oxygen atoms in total. The second-order valence-corrected chi connectivity index (χ2v) is 25.3. The molecule has 6 aromatic carbocycles. The van der Waals surface area contributed by atoms with Crippen LogP contribution in [-0.2, 0) is 52.4 Å². The van der Waals surface area contributed by atoms with E-state index in [-0.39, 0.29) is 46.4 Å². The fourth-order valence-electron chi connectivity index (χ4n) is 11.2. The molecule has 4 aliphatic rings. The van der Waals surface area contributed by atoms with Gasteiger partial charge in [-0.3, -0.25) is 0 Å². The van der Waals surface area contributed by atoms with Gasteiger partial charge in [0.05, 0.1) is 6.10 Å². The summed E-state index contributed by atoms with van der Waals surface area (Å²) >= 11 is 0. The summed E-state index contributed by atoms with van der Waals surface area (Å²) in [6.45, 7) is 26.3. The highest BCUT2D eigenvalue weighted by Crippen LogP contribution is 2.54. The van der Waals surface area contributed by atoms with E-state index in [0.29, 0.717) is 46.1 Å². The second-order valence-electron chi connectivity index (χ2n) is 25.3. The first-order valence-electron chi connectivity index (χ1n) is 30.3. The zero-order valence-corrected chi connectivity index (χ0v) is 53.3. The number of carbonyl (C=O) groups excluding carboxylic acids is 5. The minimum Gasteiger partial charge on any atom is -0.508 e. The molecular weight excluding hydrogens is 1160 g/mol. The summed E-state index contributed by atoms with van der Waals surface area (Å²) in [4.78, 5) is 59.7. The Morgan fingerprint density at radius 1 is 0.418 bits per heavy atom. The van der Waals surface area contributed by atoms with Crippen molar-refractivity contribution in [1.82, 2.24) is 0 Å².